The standard InChI is InChI=1S/C30H31N5O3/c1-18-21(10-8-12-23(18)34-28(37)19-13-15-20(16-14-19)30(2,3)4)25-17-35(5)29(38)27(33-25)32-24-11-7-6-9-22(24)26(31)36/h6-17H,1-5H3,(H2,31,36)(H,32,33)(H,34,37). The summed E-state index contributed by atoms with van der Waals surface area (Å²) in [5.74, 6) is -0.788. The minimum Gasteiger partial charge on any atom is -0.366 e. The zero-order valence-electron chi connectivity index (χ0n) is 22.1. The van der Waals surface area contributed by atoms with Crippen LogP contribution in [0.2, 0.25) is 0 Å². The van der Waals surface area contributed by atoms with Gasteiger partial charge in [0.1, 0.15) is 0 Å². The second-order valence-corrected chi connectivity index (χ2v) is 10.2. The lowest BCUT2D eigenvalue weighted by Gasteiger charge is -2.19. The maximum absolute atomic E-state index is 13.0. The van der Waals surface area contributed by atoms with Gasteiger partial charge in [-0.2, -0.15) is 0 Å². The van der Waals surface area contributed by atoms with Gasteiger partial charge in [-0.3, -0.25) is 14.4 Å². The van der Waals surface area contributed by atoms with Gasteiger partial charge in [-0.25, -0.2) is 4.98 Å². The fraction of sp³-hybridized carbons (Fsp3) is 0.200. The van der Waals surface area contributed by atoms with E-state index in [1.165, 1.54) is 4.57 Å². The Balaban J connectivity index is 1.66. The lowest BCUT2D eigenvalue weighted by molar-refractivity contribution is 0.0998. The number of carbonyl (C=O) groups excluding carboxylic acids is 2. The van der Waals surface area contributed by atoms with E-state index >= 15 is 0 Å². The number of benzene rings is 3. The molecule has 0 fully saturated rings. The summed E-state index contributed by atoms with van der Waals surface area (Å²) in [5, 5.41) is 5.95. The number of aryl methyl sites for hydroxylation is 1. The summed E-state index contributed by atoms with van der Waals surface area (Å²) < 4.78 is 1.42. The van der Waals surface area contributed by atoms with E-state index in [0.717, 1.165) is 16.7 Å². The molecule has 0 spiro atoms. The zero-order chi connectivity index (χ0) is 27.6. The Morgan fingerprint density at radius 1 is 0.921 bits per heavy atom. The van der Waals surface area contributed by atoms with Gasteiger partial charge in [-0.1, -0.05) is 57.2 Å². The molecule has 0 unspecified atom stereocenters. The van der Waals surface area contributed by atoms with E-state index in [1.54, 1.807) is 37.5 Å². The van der Waals surface area contributed by atoms with E-state index in [2.05, 4.69) is 36.4 Å². The Kier molecular flexibility index (Phi) is 7.17. The molecule has 0 saturated heterocycles. The summed E-state index contributed by atoms with van der Waals surface area (Å²) in [6.07, 6.45) is 1.63. The third-order valence-electron chi connectivity index (χ3n) is 6.39. The number of anilines is 3. The monoisotopic (exact) mass is 509 g/mol. The van der Waals surface area contributed by atoms with Crippen molar-refractivity contribution < 1.29 is 9.59 Å². The average Bonchev–Trinajstić information content (AvgIpc) is 2.87. The minimum absolute atomic E-state index is 0.00164. The van der Waals surface area contributed by atoms with Crippen molar-refractivity contribution >= 4 is 29.0 Å². The van der Waals surface area contributed by atoms with Crippen molar-refractivity contribution in [1.82, 2.24) is 9.55 Å². The molecule has 194 valence electrons. The van der Waals surface area contributed by atoms with Crippen LogP contribution in [0.5, 0.6) is 0 Å². The summed E-state index contributed by atoms with van der Waals surface area (Å²) in [6, 6.07) is 19.8. The van der Waals surface area contributed by atoms with Gasteiger partial charge in [0.05, 0.1) is 16.9 Å². The van der Waals surface area contributed by atoms with Crippen LogP contribution in [0.4, 0.5) is 17.2 Å². The molecular weight excluding hydrogens is 478 g/mol. The summed E-state index contributed by atoms with van der Waals surface area (Å²) in [5.41, 5.74) is 10.2. The number of hydrogen-bond acceptors (Lipinski definition) is 5. The highest BCUT2D eigenvalue weighted by atomic mass is 16.2. The van der Waals surface area contributed by atoms with Crippen molar-refractivity contribution in [2.24, 2.45) is 12.8 Å². The highest BCUT2D eigenvalue weighted by Crippen LogP contribution is 2.29. The first-order valence-electron chi connectivity index (χ1n) is 12.2. The Labute approximate surface area is 221 Å². The SMILES string of the molecule is Cc1c(NC(=O)c2ccc(C(C)(C)C)cc2)cccc1-c1cn(C)c(=O)c(Nc2ccccc2C(N)=O)n1. The van der Waals surface area contributed by atoms with Gasteiger partial charge in [-0.05, 0) is 53.8 Å². The molecule has 0 radical (unpaired) electrons. The van der Waals surface area contributed by atoms with E-state index in [0.29, 0.717) is 22.6 Å². The Bertz CT molecular complexity index is 1580. The fourth-order valence-electron chi connectivity index (χ4n) is 4.12. The van der Waals surface area contributed by atoms with Gasteiger partial charge < -0.3 is 20.9 Å². The van der Waals surface area contributed by atoms with Crippen molar-refractivity contribution in [2.45, 2.75) is 33.1 Å². The number of nitrogens with zero attached hydrogens (tertiary/aromatic N) is 2. The zero-order valence-corrected chi connectivity index (χ0v) is 22.1. The number of nitrogens with two attached hydrogens (primary N) is 1. The van der Waals surface area contributed by atoms with Crippen LogP contribution in [0.25, 0.3) is 11.3 Å². The van der Waals surface area contributed by atoms with Crippen LogP contribution in [-0.2, 0) is 12.5 Å². The van der Waals surface area contributed by atoms with E-state index < -0.39 is 5.91 Å². The second kappa shape index (κ2) is 10.3. The van der Waals surface area contributed by atoms with Gasteiger partial charge in [0.25, 0.3) is 17.4 Å². The first-order valence-corrected chi connectivity index (χ1v) is 12.2. The topological polar surface area (TPSA) is 119 Å². The molecule has 0 bridgehead atoms. The number of nitrogens with one attached hydrogen (secondary N) is 2. The number of carbonyl (C=O) groups is 2. The van der Waals surface area contributed by atoms with Crippen molar-refractivity contribution in [2.75, 3.05) is 10.6 Å². The Hall–Kier alpha value is -4.72. The molecule has 4 rings (SSSR count). The molecule has 8 nitrogen and oxygen atoms in total. The number of amides is 2. The summed E-state index contributed by atoms with van der Waals surface area (Å²) in [6.45, 7) is 8.27. The van der Waals surface area contributed by atoms with E-state index in [9.17, 15) is 14.4 Å². The quantitative estimate of drug-likeness (QED) is 0.332. The maximum atomic E-state index is 13.0. The third-order valence-corrected chi connectivity index (χ3v) is 6.39. The van der Waals surface area contributed by atoms with Gasteiger partial charge in [0.2, 0.25) is 0 Å². The van der Waals surface area contributed by atoms with Gasteiger partial charge in [-0.15, -0.1) is 0 Å². The second-order valence-electron chi connectivity index (χ2n) is 10.2. The van der Waals surface area contributed by atoms with E-state index in [-0.39, 0.29) is 28.3 Å². The number of primary amides is 1. The molecule has 1 heterocycles. The molecule has 38 heavy (non-hydrogen) atoms. The van der Waals surface area contributed by atoms with Crippen LogP contribution in [0.1, 0.15) is 52.6 Å². The molecule has 2 amide bonds. The van der Waals surface area contributed by atoms with Crippen LogP contribution in [0.3, 0.4) is 0 Å². The van der Waals surface area contributed by atoms with Crippen molar-refractivity contribution in [3.05, 3.63) is 106 Å². The average molecular weight is 510 g/mol. The van der Waals surface area contributed by atoms with Crippen LogP contribution in [0.15, 0.2) is 77.7 Å². The van der Waals surface area contributed by atoms with Crippen molar-refractivity contribution in [3.8, 4) is 11.3 Å². The molecule has 1 aromatic heterocycles. The summed E-state index contributed by atoms with van der Waals surface area (Å²) >= 11 is 0. The first kappa shape index (κ1) is 26.3. The van der Waals surface area contributed by atoms with Crippen LogP contribution >= 0.6 is 0 Å². The smallest absolute Gasteiger partial charge is 0.293 e. The molecule has 4 aromatic rings. The summed E-state index contributed by atoms with van der Waals surface area (Å²) in [4.78, 5) is 42.2. The lowest BCUT2D eigenvalue weighted by atomic mass is 9.86. The highest BCUT2D eigenvalue weighted by molar-refractivity contribution is 6.05. The van der Waals surface area contributed by atoms with Crippen LogP contribution in [-0.4, -0.2) is 21.4 Å². The lowest BCUT2D eigenvalue weighted by Crippen LogP contribution is -2.22. The van der Waals surface area contributed by atoms with E-state index in [4.69, 9.17) is 5.73 Å². The fourth-order valence-corrected chi connectivity index (χ4v) is 4.12. The number of para-hydroxylation sites is 1. The van der Waals surface area contributed by atoms with Gasteiger partial charge in [0.15, 0.2) is 5.82 Å². The molecule has 0 saturated carbocycles. The van der Waals surface area contributed by atoms with Gasteiger partial charge in [0, 0.05) is 30.1 Å². The number of aromatic nitrogens is 2. The Morgan fingerprint density at radius 2 is 1.58 bits per heavy atom. The molecule has 0 atom stereocenters. The molecule has 4 N–H and O–H groups in total. The molecule has 0 aliphatic heterocycles. The van der Waals surface area contributed by atoms with Crippen LogP contribution in [0, 0.1) is 6.92 Å². The molecule has 8 heteroatoms. The maximum Gasteiger partial charge on any atom is 0.293 e. The van der Waals surface area contributed by atoms with Crippen molar-refractivity contribution in [3.63, 3.8) is 0 Å². The molecule has 0 aliphatic rings. The number of hydrogen-bond donors (Lipinski definition) is 3. The highest BCUT2D eigenvalue weighted by Gasteiger charge is 2.17. The van der Waals surface area contributed by atoms with E-state index in [1.807, 2.05) is 49.4 Å². The predicted octanol–water partition coefficient (Wildman–Crippen LogP) is 5.15. The number of rotatable bonds is 6. The third kappa shape index (κ3) is 5.49. The van der Waals surface area contributed by atoms with Gasteiger partial charge >= 0.3 is 0 Å². The van der Waals surface area contributed by atoms with Crippen molar-refractivity contribution in [1.29, 1.82) is 0 Å². The Morgan fingerprint density at radius 3 is 2.24 bits per heavy atom. The predicted molar refractivity (Wildman–Crippen MR) is 151 cm³/mol. The summed E-state index contributed by atoms with van der Waals surface area (Å²) in [7, 11) is 1.63. The molecular formula is C30H31N5O3. The molecule has 3 aromatic carbocycles. The minimum atomic E-state index is -0.617. The van der Waals surface area contributed by atoms with Crippen LogP contribution < -0.4 is 21.9 Å². The normalized spacial score (nSPS) is 11.2. The molecule has 0 aliphatic carbocycles. The first-order chi connectivity index (χ1) is 18.0. The largest absolute Gasteiger partial charge is 0.366 e.